The molecule has 1 fully saturated rings. The highest BCUT2D eigenvalue weighted by atomic mass is 35.5. The van der Waals surface area contributed by atoms with Crippen LogP contribution in [0.15, 0.2) is 76.2 Å². The van der Waals surface area contributed by atoms with Crippen molar-refractivity contribution >= 4 is 41.3 Å². The third-order valence-electron chi connectivity index (χ3n) is 5.41. The number of nitrogens with one attached hydrogen (secondary N) is 2. The molecule has 34 heavy (non-hydrogen) atoms. The van der Waals surface area contributed by atoms with Crippen LogP contribution in [0.1, 0.15) is 25.0 Å². The summed E-state index contributed by atoms with van der Waals surface area (Å²) in [5.41, 5.74) is 4.64. The van der Waals surface area contributed by atoms with Crippen LogP contribution >= 0.6 is 11.6 Å². The van der Waals surface area contributed by atoms with Crippen molar-refractivity contribution in [3.63, 3.8) is 0 Å². The zero-order valence-electron chi connectivity index (χ0n) is 18.5. The molecule has 0 bridgehead atoms. The van der Waals surface area contributed by atoms with Crippen LogP contribution in [0.5, 0.6) is 0 Å². The molecule has 9 heteroatoms. The number of para-hydroxylation sites is 1. The first-order valence-electron chi connectivity index (χ1n) is 11.2. The van der Waals surface area contributed by atoms with E-state index in [2.05, 4.69) is 35.7 Å². The van der Waals surface area contributed by atoms with Crippen LogP contribution in [-0.2, 0) is 0 Å². The van der Waals surface area contributed by atoms with Gasteiger partial charge < -0.3 is 14.6 Å². The van der Waals surface area contributed by atoms with Crippen LogP contribution < -0.4 is 15.6 Å². The predicted octanol–water partition coefficient (Wildman–Crippen LogP) is 5.96. The number of hydrogen-bond acceptors (Lipinski definition) is 8. The van der Waals surface area contributed by atoms with Crippen molar-refractivity contribution in [1.82, 2.24) is 15.0 Å². The highest BCUT2D eigenvalue weighted by Crippen LogP contribution is 2.28. The normalized spacial score (nSPS) is 13.9. The second kappa shape index (κ2) is 10.4. The molecule has 0 spiro atoms. The van der Waals surface area contributed by atoms with Gasteiger partial charge in [-0.25, -0.2) is 5.43 Å². The van der Waals surface area contributed by atoms with Crippen LogP contribution in [0.3, 0.4) is 0 Å². The van der Waals surface area contributed by atoms with Crippen molar-refractivity contribution in [2.24, 2.45) is 5.10 Å². The Labute approximate surface area is 202 Å². The third-order valence-corrected chi connectivity index (χ3v) is 5.74. The first kappa shape index (κ1) is 21.9. The number of aromatic nitrogens is 3. The highest BCUT2D eigenvalue weighted by Gasteiger charge is 2.16. The number of hydrazone groups is 1. The van der Waals surface area contributed by atoms with Crippen molar-refractivity contribution in [1.29, 1.82) is 0 Å². The molecule has 2 N–H and O–H groups in total. The van der Waals surface area contributed by atoms with E-state index >= 15 is 0 Å². The first-order valence-corrected chi connectivity index (χ1v) is 11.6. The van der Waals surface area contributed by atoms with Crippen LogP contribution in [-0.4, -0.2) is 34.3 Å². The molecule has 0 radical (unpaired) electrons. The van der Waals surface area contributed by atoms with E-state index in [-0.39, 0.29) is 0 Å². The smallest absolute Gasteiger partial charge is 0.250 e. The van der Waals surface area contributed by atoms with E-state index in [0.29, 0.717) is 34.4 Å². The topological polar surface area (TPSA) is 91.5 Å². The Hall–Kier alpha value is -3.91. The zero-order chi connectivity index (χ0) is 23.2. The van der Waals surface area contributed by atoms with Crippen LogP contribution in [0.4, 0.5) is 23.5 Å². The Morgan fingerprint density at radius 2 is 1.62 bits per heavy atom. The molecule has 0 aliphatic carbocycles. The fourth-order valence-corrected chi connectivity index (χ4v) is 3.97. The number of hydrogen-bond donors (Lipinski definition) is 2. The van der Waals surface area contributed by atoms with Gasteiger partial charge >= 0.3 is 0 Å². The summed E-state index contributed by atoms with van der Waals surface area (Å²) in [6.45, 7) is 1.85. The summed E-state index contributed by atoms with van der Waals surface area (Å²) in [7, 11) is 0. The van der Waals surface area contributed by atoms with Gasteiger partial charge in [-0.05, 0) is 55.7 Å². The molecule has 5 rings (SSSR count). The van der Waals surface area contributed by atoms with Gasteiger partial charge in [-0.3, -0.25) is 0 Å². The van der Waals surface area contributed by atoms with E-state index in [1.54, 1.807) is 6.21 Å². The molecule has 1 aliphatic heterocycles. The van der Waals surface area contributed by atoms with E-state index in [1.165, 1.54) is 6.42 Å². The van der Waals surface area contributed by atoms with Crippen LogP contribution in [0.2, 0.25) is 5.02 Å². The molecule has 0 unspecified atom stereocenters. The largest absolute Gasteiger partial charge is 0.455 e. The van der Waals surface area contributed by atoms with Gasteiger partial charge in [0.05, 0.1) is 11.2 Å². The summed E-state index contributed by atoms with van der Waals surface area (Å²) in [6.07, 6.45) is 5.06. The fraction of sp³-hybridized carbons (Fsp3) is 0.200. The van der Waals surface area contributed by atoms with E-state index in [9.17, 15) is 0 Å². The van der Waals surface area contributed by atoms with E-state index in [0.717, 1.165) is 37.2 Å². The number of anilines is 4. The number of benzene rings is 2. The van der Waals surface area contributed by atoms with Crippen molar-refractivity contribution in [3.05, 3.63) is 77.5 Å². The van der Waals surface area contributed by atoms with E-state index in [1.807, 2.05) is 66.7 Å². The lowest BCUT2D eigenvalue weighted by molar-refractivity contribution is 0.568. The maximum atomic E-state index is 6.27. The minimum atomic E-state index is 0.350. The van der Waals surface area contributed by atoms with Gasteiger partial charge in [-0.15, -0.1) is 0 Å². The summed E-state index contributed by atoms with van der Waals surface area (Å²) < 4.78 is 5.86. The minimum absolute atomic E-state index is 0.350. The molecule has 0 saturated carbocycles. The fourth-order valence-electron chi connectivity index (χ4n) is 3.74. The van der Waals surface area contributed by atoms with Crippen LogP contribution in [0.25, 0.3) is 11.3 Å². The molecular weight excluding hydrogens is 450 g/mol. The predicted molar refractivity (Wildman–Crippen MR) is 136 cm³/mol. The highest BCUT2D eigenvalue weighted by molar-refractivity contribution is 6.33. The SMILES string of the molecule is Clc1ccccc1-c1ccc(/C=N\Nc2nc(Nc3ccccc3)nc(N3CCCCC3)n2)o1. The van der Waals surface area contributed by atoms with Crippen molar-refractivity contribution in [3.8, 4) is 11.3 Å². The lowest BCUT2D eigenvalue weighted by Gasteiger charge is -2.26. The minimum Gasteiger partial charge on any atom is -0.455 e. The first-order chi connectivity index (χ1) is 16.7. The summed E-state index contributed by atoms with van der Waals surface area (Å²) in [6, 6.07) is 21.0. The molecule has 3 heterocycles. The molecule has 2 aromatic carbocycles. The summed E-state index contributed by atoms with van der Waals surface area (Å²) in [5, 5.41) is 8.15. The maximum absolute atomic E-state index is 6.27. The number of piperidine rings is 1. The number of rotatable bonds is 7. The van der Waals surface area contributed by atoms with Gasteiger partial charge in [0.15, 0.2) is 0 Å². The maximum Gasteiger partial charge on any atom is 0.250 e. The molecule has 1 saturated heterocycles. The molecule has 0 amide bonds. The summed E-state index contributed by atoms with van der Waals surface area (Å²) in [5.74, 6) is 2.69. The second-order valence-corrected chi connectivity index (χ2v) is 8.28. The Morgan fingerprint density at radius 3 is 2.44 bits per heavy atom. The molecule has 2 aromatic heterocycles. The third kappa shape index (κ3) is 5.35. The Bertz CT molecular complexity index is 1270. The molecule has 0 atom stereocenters. The number of nitrogens with zero attached hydrogens (tertiary/aromatic N) is 5. The number of furan rings is 1. The monoisotopic (exact) mass is 473 g/mol. The molecule has 4 aromatic rings. The molecule has 1 aliphatic rings. The molecular formula is C25H24ClN7O. The van der Waals surface area contributed by atoms with Gasteiger partial charge in [0.2, 0.25) is 17.8 Å². The van der Waals surface area contributed by atoms with Crippen molar-refractivity contribution in [2.45, 2.75) is 19.3 Å². The average molecular weight is 474 g/mol. The molecule has 172 valence electrons. The lowest BCUT2D eigenvalue weighted by Crippen LogP contribution is -2.31. The van der Waals surface area contributed by atoms with Crippen LogP contribution in [0, 0.1) is 0 Å². The van der Waals surface area contributed by atoms with E-state index < -0.39 is 0 Å². The second-order valence-electron chi connectivity index (χ2n) is 7.87. The Morgan fingerprint density at radius 1 is 0.853 bits per heavy atom. The molecule has 8 nitrogen and oxygen atoms in total. The van der Waals surface area contributed by atoms with Gasteiger partial charge in [-0.1, -0.05) is 41.9 Å². The Balaban J connectivity index is 1.34. The van der Waals surface area contributed by atoms with Gasteiger partial charge in [0.25, 0.3) is 0 Å². The van der Waals surface area contributed by atoms with Gasteiger partial charge in [0, 0.05) is 24.3 Å². The standard InChI is InChI=1S/C25H24ClN7O/c26-21-12-6-5-11-20(21)22-14-13-19(34-22)17-27-32-24-29-23(28-18-9-3-1-4-10-18)30-25(31-24)33-15-7-2-8-16-33/h1,3-6,9-14,17H,2,7-8,15-16H2,(H2,28,29,30,31,32)/b27-17-. The van der Waals surface area contributed by atoms with E-state index in [4.69, 9.17) is 16.0 Å². The van der Waals surface area contributed by atoms with Crippen molar-refractivity contribution in [2.75, 3.05) is 28.7 Å². The van der Waals surface area contributed by atoms with Gasteiger partial charge in [-0.2, -0.15) is 20.1 Å². The van der Waals surface area contributed by atoms with Gasteiger partial charge in [0.1, 0.15) is 11.5 Å². The summed E-state index contributed by atoms with van der Waals surface area (Å²) >= 11 is 6.27. The lowest BCUT2D eigenvalue weighted by atomic mass is 10.1. The average Bonchev–Trinajstić information content (AvgIpc) is 3.34. The van der Waals surface area contributed by atoms with Crippen molar-refractivity contribution < 1.29 is 4.42 Å². The quantitative estimate of drug-likeness (QED) is 0.252. The zero-order valence-corrected chi connectivity index (χ0v) is 19.2. The summed E-state index contributed by atoms with van der Waals surface area (Å²) in [4.78, 5) is 15.9. The Kier molecular flexibility index (Phi) is 6.67. The number of halogens is 1.